The molecule has 3 heteroatoms. The Morgan fingerprint density at radius 1 is 1.54 bits per heavy atom. The Labute approximate surface area is 76.5 Å². The number of rotatable bonds is 2. The Morgan fingerprint density at radius 2 is 2.38 bits per heavy atom. The van der Waals surface area contributed by atoms with Gasteiger partial charge in [-0.2, -0.15) is 5.10 Å². The van der Waals surface area contributed by atoms with Gasteiger partial charge in [0.15, 0.2) is 0 Å². The van der Waals surface area contributed by atoms with Crippen LogP contribution in [0.15, 0.2) is 37.2 Å². The highest BCUT2D eigenvalue weighted by molar-refractivity contribution is 5.77. The average Bonchev–Trinajstić information content (AvgIpc) is 2.60. The van der Waals surface area contributed by atoms with Crippen LogP contribution in [0, 0.1) is 0 Å². The van der Waals surface area contributed by atoms with Crippen molar-refractivity contribution in [2.45, 2.75) is 0 Å². The molecule has 2 heterocycles. The molecule has 13 heavy (non-hydrogen) atoms. The van der Waals surface area contributed by atoms with Crippen LogP contribution in [0.5, 0.6) is 0 Å². The zero-order valence-corrected chi connectivity index (χ0v) is 7.27. The van der Waals surface area contributed by atoms with Crippen LogP contribution < -0.4 is 5.73 Å². The van der Waals surface area contributed by atoms with E-state index in [1.165, 1.54) is 0 Å². The van der Waals surface area contributed by atoms with E-state index in [1.54, 1.807) is 6.20 Å². The first-order valence-corrected chi connectivity index (χ1v) is 4.13. The van der Waals surface area contributed by atoms with Gasteiger partial charge < -0.3 is 5.73 Å². The summed E-state index contributed by atoms with van der Waals surface area (Å²) in [5.41, 5.74) is 8.52. The van der Waals surface area contributed by atoms with E-state index in [0.29, 0.717) is 6.54 Å². The maximum absolute atomic E-state index is 5.52. The monoisotopic (exact) mass is 173 g/mol. The lowest BCUT2D eigenvalue weighted by Gasteiger charge is -1.98. The van der Waals surface area contributed by atoms with Gasteiger partial charge in [0, 0.05) is 18.3 Å². The van der Waals surface area contributed by atoms with E-state index in [2.05, 4.69) is 11.7 Å². The third-order valence-electron chi connectivity index (χ3n) is 2.05. The quantitative estimate of drug-likeness (QED) is 0.744. The van der Waals surface area contributed by atoms with Crippen molar-refractivity contribution >= 4 is 11.1 Å². The lowest BCUT2D eigenvalue weighted by atomic mass is 10.1. The third kappa shape index (κ3) is 1.23. The number of aromatic nitrogens is 2. The van der Waals surface area contributed by atoms with E-state index in [1.807, 2.05) is 28.9 Å². The lowest BCUT2D eigenvalue weighted by molar-refractivity contribution is 0.961. The van der Waals surface area contributed by atoms with Crippen LogP contribution in [0.1, 0.15) is 5.56 Å². The Morgan fingerprint density at radius 3 is 3.15 bits per heavy atom. The van der Waals surface area contributed by atoms with Crippen molar-refractivity contribution in [3.05, 3.63) is 42.7 Å². The number of nitrogens with two attached hydrogens (primary N) is 1. The largest absolute Gasteiger partial charge is 0.326 e. The highest BCUT2D eigenvalue weighted by atomic mass is 15.2. The average molecular weight is 173 g/mol. The molecule has 2 N–H and O–H groups in total. The van der Waals surface area contributed by atoms with Crippen LogP contribution in [0.4, 0.5) is 0 Å². The van der Waals surface area contributed by atoms with Gasteiger partial charge in [0.05, 0.1) is 11.7 Å². The van der Waals surface area contributed by atoms with E-state index in [-0.39, 0.29) is 0 Å². The van der Waals surface area contributed by atoms with Gasteiger partial charge in [0.2, 0.25) is 0 Å². The molecule has 2 rings (SSSR count). The van der Waals surface area contributed by atoms with Crippen molar-refractivity contribution in [2.24, 2.45) is 5.73 Å². The molecule has 66 valence electrons. The van der Waals surface area contributed by atoms with Crippen molar-refractivity contribution < 1.29 is 0 Å². The van der Waals surface area contributed by atoms with Crippen LogP contribution in [-0.2, 0) is 0 Å². The fraction of sp³-hybridized carbons (Fsp3) is 0.100. The molecule has 0 saturated heterocycles. The molecule has 0 aliphatic carbocycles. The Balaban J connectivity index is 2.64. The molecule has 0 radical (unpaired) electrons. The van der Waals surface area contributed by atoms with Crippen molar-refractivity contribution in [1.82, 2.24) is 9.61 Å². The molecule has 0 amide bonds. The van der Waals surface area contributed by atoms with Crippen molar-refractivity contribution in [2.75, 3.05) is 6.54 Å². The Bertz CT molecular complexity index is 442. The minimum Gasteiger partial charge on any atom is -0.326 e. The molecular formula is C10H11N3. The second-order valence-corrected chi connectivity index (χ2v) is 2.90. The number of nitrogens with zero attached hydrogens (tertiary/aromatic N) is 2. The molecule has 0 aliphatic rings. The number of hydrogen-bond donors (Lipinski definition) is 1. The van der Waals surface area contributed by atoms with Crippen molar-refractivity contribution in [3.63, 3.8) is 0 Å². The summed E-state index contributed by atoms with van der Waals surface area (Å²) in [4.78, 5) is 0. The van der Waals surface area contributed by atoms with Gasteiger partial charge in [0.25, 0.3) is 0 Å². The summed E-state index contributed by atoms with van der Waals surface area (Å²) in [5.74, 6) is 0. The molecule has 0 spiro atoms. The summed E-state index contributed by atoms with van der Waals surface area (Å²) >= 11 is 0. The molecule has 0 fully saturated rings. The van der Waals surface area contributed by atoms with Gasteiger partial charge in [-0.1, -0.05) is 12.6 Å². The van der Waals surface area contributed by atoms with Gasteiger partial charge >= 0.3 is 0 Å². The first-order valence-electron chi connectivity index (χ1n) is 4.13. The first kappa shape index (κ1) is 8.01. The van der Waals surface area contributed by atoms with Crippen LogP contribution in [-0.4, -0.2) is 16.2 Å². The SMILES string of the molecule is C=C(CN)c1cnn2ccccc12. The molecule has 3 nitrogen and oxygen atoms in total. The van der Waals surface area contributed by atoms with Crippen LogP contribution in [0.2, 0.25) is 0 Å². The smallest absolute Gasteiger partial charge is 0.0737 e. The second kappa shape index (κ2) is 3.03. The van der Waals surface area contributed by atoms with Crippen molar-refractivity contribution in [1.29, 1.82) is 0 Å². The van der Waals surface area contributed by atoms with Gasteiger partial charge in [-0.15, -0.1) is 0 Å². The lowest BCUT2D eigenvalue weighted by Crippen LogP contribution is -2.00. The fourth-order valence-electron chi connectivity index (χ4n) is 1.32. The first-order chi connectivity index (χ1) is 6.33. The summed E-state index contributed by atoms with van der Waals surface area (Å²) in [6, 6.07) is 5.92. The van der Waals surface area contributed by atoms with Crippen LogP contribution in [0.25, 0.3) is 11.1 Å². The minimum atomic E-state index is 0.468. The van der Waals surface area contributed by atoms with Gasteiger partial charge in [-0.05, 0) is 17.7 Å². The highest BCUT2D eigenvalue weighted by Crippen LogP contribution is 2.16. The van der Waals surface area contributed by atoms with Crippen LogP contribution >= 0.6 is 0 Å². The Hall–Kier alpha value is -1.61. The second-order valence-electron chi connectivity index (χ2n) is 2.90. The van der Waals surface area contributed by atoms with Crippen LogP contribution in [0.3, 0.4) is 0 Å². The molecule has 2 aromatic rings. The zero-order valence-electron chi connectivity index (χ0n) is 7.27. The standard InChI is InChI=1S/C10H11N3/c1-8(6-11)9-7-12-13-5-3-2-4-10(9)13/h2-5,7H,1,6,11H2. The van der Waals surface area contributed by atoms with E-state index in [9.17, 15) is 0 Å². The van der Waals surface area contributed by atoms with E-state index in [4.69, 9.17) is 5.73 Å². The van der Waals surface area contributed by atoms with E-state index >= 15 is 0 Å². The maximum atomic E-state index is 5.52. The van der Waals surface area contributed by atoms with E-state index in [0.717, 1.165) is 16.7 Å². The van der Waals surface area contributed by atoms with Gasteiger partial charge in [-0.3, -0.25) is 0 Å². The zero-order chi connectivity index (χ0) is 9.26. The molecule has 0 bridgehead atoms. The summed E-state index contributed by atoms with van der Waals surface area (Å²) in [5, 5.41) is 4.19. The molecule has 0 saturated carbocycles. The minimum absolute atomic E-state index is 0.468. The third-order valence-corrected chi connectivity index (χ3v) is 2.05. The summed E-state index contributed by atoms with van der Waals surface area (Å²) in [6.07, 6.45) is 3.70. The predicted octanol–water partition coefficient (Wildman–Crippen LogP) is 1.31. The molecular weight excluding hydrogens is 162 g/mol. The van der Waals surface area contributed by atoms with Crippen molar-refractivity contribution in [3.8, 4) is 0 Å². The number of pyridine rings is 1. The molecule has 0 aromatic carbocycles. The van der Waals surface area contributed by atoms with Gasteiger partial charge in [-0.25, -0.2) is 4.52 Å². The summed E-state index contributed by atoms with van der Waals surface area (Å²) in [6.45, 7) is 4.36. The normalized spacial score (nSPS) is 10.5. The molecule has 0 atom stereocenters. The topological polar surface area (TPSA) is 43.3 Å². The Kier molecular flexibility index (Phi) is 1.87. The number of hydrogen-bond acceptors (Lipinski definition) is 2. The summed E-state index contributed by atoms with van der Waals surface area (Å²) in [7, 11) is 0. The molecule has 2 aromatic heterocycles. The predicted molar refractivity (Wildman–Crippen MR) is 53.3 cm³/mol. The maximum Gasteiger partial charge on any atom is 0.0737 e. The molecule has 0 unspecified atom stereocenters. The molecule has 0 aliphatic heterocycles. The van der Waals surface area contributed by atoms with E-state index < -0.39 is 0 Å². The summed E-state index contributed by atoms with van der Waals surface area (Å²) < 4.78 is 1.82. The fourth-order valence-corrected chi connectivity index (χ4v) is 1.32. The highest BCUT2D eigenvalue weighted by Gasteiger charge is 2.04. The number of fused-ring (bicyclic) bond motifs is 1. The van der Waals surface area contributed by atoms with Gasteiger partial charge in [0.1, 0.15) is 0 Å².